The van der Waals surface area contributed by atoms with E-state index in [2.05, 4.69) is 15.5 Å². The van der Waals surface area contributed by atoms with Crippen LogP contribution < -0.4 is 5.32 Å². The summed E-state index contributed by atoms with van der Waals surface area (Å²) >= 11 is 5.84. The van der Waals surface area contributed by atoms with E-state index in [0.29, 0.717) is 16.5 Å². The predicted octanol–water partition coefficient (Wildman–Crippen LogP) is 4.48. The van der Waals surface area contributed by atoms with E-state index in [0.717, 1.165) is 6.07 Å². The zero-order valence-electron chi connectivity index (χ0n) is 15.2. The number of para-hydroxylation sites is 1. The third-order valence-electron chi connectivity index (χ3n) is 3.88. The van der Waals surface area contributed by atoms with Crippen molar-refractivity contribution >= 4 is 23.2 Å². The van der Waals surface area contributed by atoms with Crippen molar-refractivity contribution in [3.05, 3.63) is 65.0 Å². The van der Waals surface area contributed by atoms with Crippen molar-refractivity contribution in [2.45, 2.75) is 12.7 Å². The summed E-state index contributed by atoms with van der Waals surface area (Å²) in [6, 6.07) is 11.6. The Morgan fingerprint density at radius 1 is 1.14 bits per heavy atom. The summed E-state index contributed by atoms with van der Waals surface area (Å²) in [5.74, 6) is -0.0313. The Morgan fingerprint density at radius 3 is 2.52 bits per heavy atom. The fraction of sp³-hybridized carbons (Fsp3) is 0.211. The first-order chi connectivity index (χ1) is 13.7. The first-order valence-corrected chi connectivity index (χ1v) is 8.83. The molecule has 0 saturated carbocycles. The number of hydrogen-bond acceptors (Lipinski definition) is 5. The Balaban J connectivity index is 1.59. The number of nitrogens with one attached hydrogen (secondary N) is 1. The average molecular weight is 425 g/mol. The van der Waals surface area contributed by atoms with Crippen LogP contribution in [0.25, 0.3) is 11.5 Å². The second-order valence-corrected chi connectivity index (χ2v) is 6.71. The van der Waals surface area contributed by atoms with Gasteiger partial charge in [0, 0.05) is 10.6 Å². The average Bonchev–Trinajstić information content (AvgIpc) is 3.10. The Hall–Kier alpha value is -2.91. The molecule has 1 N–H and O–H groups in total. The maximum absolute atomic E-state index is 13.0. The Bertz CT molecular complexity index is 990. The standard InChI is InChI=1S/C19H16ClF3N4O2/c1-27(10-16(28)24-15-5-3-2-4-14(15)19(21,22)23)11-17-25-26-18(29-17)12-6-8-13(20)9-7-12/h2-9H,10-11H2,1H3,(H,24,28). The summed E-state index contributed by atoms with van der Waals surface area (Å²) in [5, 5.41) is 10.7. The fourth-order valence-electron chi connectivity index (χ4n) is 2.59. The van der Waals surface area contributed by atoms with Gasteiger partial charge in [-0.3, -0.25) is 9.69 Å². The maximum atomic E-state index is 13.0. The maximum Gasteiger partial charge on any atom is 0.418 e. The topological polar surface area (TPSA) is 71.3 Å². The lowest BCUT2D eigenvalue weighted by atomic mass is 10.1. The molecule has 0 bridgehead atoms. The number of amides is 1. The van der Waals surface area contributed by atoms with Gasteiger partial charge in [0.1, 0.15) is 0 Å². The Morgan fingerprint density at radius 2 is 1.83 bits per heavy atom. The quantitative estimate of drug-likeness (QED) is 0.631. The van der Waals surface area contributed by atoms with E-state index in [4.69, 9.17) is 16.0 Å². The minimum absolute atomic E-state index is 0.148. The number of halogens is 4. The summed E-state index contributed by atoms with van der Waals surface area (Å²) in [4.78, 5) is 13.7. The number of rotatable bonds is 6. The molecule has 2 aromatic carbocycles. The molecule has 1 heterocycles. The molecule has 0 radical (unpaired) electrons. The number of anilines is 1. The molecule has 10 heteroatoms. The van der Waals surface area contributed by atoms with Gasteiger partial charge in [0.05, 0.1) is 24.3 Å². The van der Waals surface area contributed by atoms with Crippen LogP contribution in [-0.2, 0) is 17.5 Å². The highest BCUT2D eigenvalue weighted by atomic mass is 35.5. The van der Waals surface area contributed by atoms with Gasteiger partial charge < -0.3 is 9.73 Å². The van der Waals surface area contributed by atoms with Crippen molar-refractivity contribution in [3.8, 4) is 11.5 Å². The summed E-state index contributed by atoms with van der Waals surface area (Å²) in [7, 11) is 1.61. The van der Waals surface area contributed by atoms with Crippen LogP contribution in [-0.4, -0.2) is 34.6 Å². The molecule has 0 aliphatic carbocycles. The molecule has 0 atom stereocenters. The molecular weight excluding hydrogens is 409 g/mol. The highest BCUT2D eigenvalue weighted by Gasteiger charge is 2.33. The third kappa shape index (κ3) is 5.55. The predicted molar refractivity (Wildman–Crippen MR) is 101 cm³/mol. The van der Waals surface area contributed by atoms with Crippen molar-refractivity contribution < 1.29 is 22.4 Å². The van der Waals surface area contributed by atoms with Crippen molar-refractivity contribution in [2.24, 2.45) is 0 Å². The molecule has 1 amide bonds. The molecule has 0 aliphatic rings. The van der Waals surface area contributed by atoms with E-state index in [-0.39, 0.29) is 24.7 Å². The second-order valence-electron chi connectivity index (χ2n) is 6.27. The minimum atomic E-state index is -4.56. The summed E-state index contributed by atoms with van der Waals surface area (Å²) in [6.45, 7) is -0.0141. The van der Waals surface area contributed by atoms with Gasteiger partial charge in [-0.15, -0.1) is 10.2 Å². The lowest BCUT2D eigenvalue weighted by molar-refractivity contribution is -0.137. The van der Waals surface area contributed by atoms with Crippen LogP contribution in [0.3, 0.4) is 0 Å². The number of hydrogen-bond donors (Lipinski definition) is 1. The van der Waals surface area contributed by atoms with Crippen molar-refractivity contribution in [2.75, 3.05) is 18.9 Å². The number of benzene rings is 2. The van der Waals surface area contributed by atoms with Crippen LogP contribution in [0.4, 0.5) is 18.9 Å². The third-order valence-corrected chi connectivity index (χ3v) is 4.14. The summed E-state index contributed by atoms with van der Waals surface area (Å²) < 4.78 is 44.6. The van der Waals surface area contributed by atoms with Crippen LogP contribution in [0.5, 0.6) is 0 Å². The lowest BCUT2D eigenvalue weighted by Gasteiger charge is -2.16. The number of carbonyl (C=O) groups excluding carboxylic acids is 1. The largest absolute Gasteiger partial charge is 0.419 e. The van der Waals surface area contributed by atoms with Crippen LogP contribution in [0, 0.1) is 0 Å². The first kappa shape index (κ1) is 20.8. The van der Waals surface area contributed by atoms with E-state index in [9.17, 15) is 18.0 Å². The van der Waals surface area contributed by atoms with Gasteiger partial charge in [-0.1, -0.05) is 23.7 Å². The van der Waals surface area contributed by atoms with E-state index in [1.807, 2.05) is 0 Å². The van der Waals surface area contributed by atoms with Gasteiger partial charge in [0.2, 0.25) is 17.7 Å². The molecule has 6 nitrogen and oxygen atoms in total. The zero-order chi connectivity index (χ0) is 21.0. The van der Waals surface area contributed by atoms with Crippen molar-refractivity contribution in [3.63, 3.8) is 0 Å². The van der Waals surface area contributed by atoms with Crippen LogP contribution in [0.15, 0.2) is 52.9 Å². The van der Waals surface area contributed by atoms with Crippen LogP contribution in [0.2, 0.25) is 5.02 Å². The monoisotopic (exact) mass is 424 g/mol. The molecule has 152 valence electrons. The Labute approximate surface area is 169 Å². The van der Waals surface area contributed by atoms with Crippen LogP contribution >= 0.6 is 11.6 Å². The molecule has 0 unspecified atom stereocenters. The molecule has 0 fully saturated rings. The van der Waals surface area contributed by atoms with E-state index >= 15 is 0 Å². The van der Waals surface area contributed by atoms with E-state index < -0.39 is 17.6 Å². The van der Waals surface area contributed by atoms with Crippen molar-refractivity contribution in [1.82, 2.24) is 15.1 Å². The number of alkyl halides is 3. The normalized spacial score (nSPS) is 11.7. The highest BCUT2D eigenvalue weighted by molar-refractivity contribution is 6.30. The second kappa shape index (κ2) is 8.62. The summed E-state index contributed by atoms with van der Waals surface area (Å²) in [6.07, 6.45) is -4.56. The summed E-state index contributed by atoms with van der Waals surface area (Å²) in [5.41, 5.74) is -0.501. The van der Waals surface area contributed by atoms with Gasteiger partial charge in [-0.2, -0.15) is 13.2 Å². The molecule has 1 aromatic heterocycles. The number of carbonyl (C=O) groups is 1. The molecule has 3 rings (SSSR count). The first-order valence-electron chi connectivity index (χ1n) is 8.45. The molecule has 0 spiro atoms. The van der Waals surface area contributed by atoms with Crippen molar-refractivity contribution in [1.29, 1.82) is 0 Å². The van der Waals surface area contributed by atoms with Crippen LogP contribution in [0.1, 0.15) is 11.5 Å². The number of nitrogens with zero attached hydrogens (tertiary/aromatic N) is 3. The molecule has 0 saturated heterocycles. The van der Waals surface area contributed by atoms with E-state index in [1.54, 1.807) is 36.2 Å². The van der Waals surface area contributed by atoms with Gasteiger partial charge >= 0.3 is 6.18 Å². The molecule has 0 aliphatic heterocycles. The van der Waals surface area contributed by atoms with Gasteiger partial charge in [0.15, 0.2) is 0 Å². The molecule has 3 aromatic rings. The number of likely N-dealkylation sites (N-methyl/N-ethyl adjacent to an activating group) is 1. The molecule has 29 heavy (non-hydrogen) atoms. The highest BCUT2D eigenvalue weighted by Crippen LogP contribution is 2.34. The smallest absolute Gasteiger partial charge is 0.418 e. The Kier molecular flexibility index (Phi) is 6.19. The lowest BCUT2D eigenvalue weighted by Crippen LogP contribution is -2.30. The SMILES string of the molecule is CN(CC(=O)Nc1ccccc1C(F)(F)F)Cc1nnc(-c2ccc(Cl)cc2)o1. The minimum Gasteiger partial charge on any atom is -0.419 e. The van der Waals surface area contributed by atoms with Gasteiger partial charge in [0.25, 0.3) is 0 Å². The number of aromatic nitrogens is 2. The fourth-order valence-corrected chi connectivity index (χ4v) is 2.71. The molecular formula is C19H16ClF3N4O2. The van der Waals surface area contributed by atoms with Gasteiger partial charge in [-0.25, -0.2) is 0 Å². The zero-order valence-corrected chi connectivity index (χ0v) is 16.0. The van der Waals surface area contributed by atoms with Gasteiger partial charge in [-0.05, 0) is 43.4 Å². The van der Waals surface area contributed by atoms with E-state index in [1.165, 1.54) is 18.2 Å².